The van der Waals surface area contributed by atoms with E-state index in [2.05, 4.69) is 10.1 Å². The maximum Gasteiger partial charge on any atom is 0.416 e. The molecule has 1 aromatic carbocycles. The van der Waals surface area contributed by atoms with Gasteiger partial charge in [0.25, 0.3) is 0 Å². The fourth-order valence-electron chi connectivity index (χ4n) is 3.01. The molecule has 26 heavy (non-hydrogen) atoms. The average Bonchev–Trinajstić information content (AvgIpc) is 3.23. The molecule has 1 unspecified atom stereocenters. The van der Waals surface area contributed by atoms with Gasteiger partial charge in [0, 0.05) is 19.7 Å². The highest BCUT2D eigenvalue weighted by atomic mass is 19.4. The lowest BCUT2D eigenvalue weighted by molar-refractivity contribution is -0.137. The van der Waals surface area contributed by atoms with E-state index in [0.717, 1.165) is 31.5 Å². The number of carbonyl (C=O) groups is 1. The summed E-state index contributed by atoms with van der Waals surface area (Å²) in [5.41, 5.74) is -0.289. The molecule has 1 fully saturated rings. The van der Waals surface area contributed by atoms with Crippen molar-refractivity contribution in [3.05, 3.63) is 35.7 Å². The van der Waals surface area contributed by atoms with Gasteiger partial charge in [0.15, 0.2) is 0 Å². The molecule has 0 spiro atoms. The Balaban J connectivity index is 1.71. The van der Waals surface area contributed by atoms with Crippen molar-refractivity contribution in [2.24, 2.45) is 0 Å². The summed E-state index contributed by atoms with van der Waals surface area (Å²) in [7, 11) is 3.43. The van der Waals surface area contributed by atoms with Gasteiger partial charge in [-0.25, -0.2) is 0 Å². The standard InChI is InChI=1S/C17H19F3N4O2/c1-23(2)16(25)13-4-3-9-24(13)10-14-21-15(22-26-14)11-5-7-12(8-6-11)17(18,19)20/h5-8,13H,3-4,9-10H2,1-2H3. The van der Waals surface area contributed by atoms with Crippen LogP contribution in [0.2, 0.25) is 0 Å². The summed E-state index contributed by atoms with van der Waals surface area (Å²) in [5, 5.41) is 3.84. The number of aromatic nitrogens is 2. The summed E-state index contributed by atoms with van der Waals surface area (Å²) in [4.78, 5) is 20.0. The number of halogens is 3. The van der Waals surface area contributed by atoms with Crippen molar-refractivity contribution in [2.75, 3.05) is 20.6 Å². The molecule has 0 N–H and O–H groups in total. The lowest BCUT2D eigenvalue weighted by Crippen LogP contribution is -2.42. The van der Waals surface area contributed by atoms with Gasteiger partial charge in [0.05, 0.1) is 18.2 Å². The van der Waals surface area contributed by atoms with Gasteiger partial charge in [-0.15, -0.1) is 0 Å². The van der Waals surface area contributed by atoms with Crippen LogP contribution in [0.4, 0.5) is 13.2 Å². The fourth-order valence-corrected chi connectivity index (χ4v) is 3.01. The largest absolute Gasteiger partial charge is 0.416 e. The van der Waals surface area contributed by atoms with Crippen LogP contribution in [0.25, 0.3) is 11.4 Å². The molecule has 6 nitrogen and oxygen atoms in total. The molecule has 1 aromatic heterocycles. The Morgan fingerprint density at radius 2 is 2.00 bits per heavy atom. The van der Waals surface area contributed by atoms with E-state index in [1.807, 2.05) is 4.90 Å². The molecule has 1 aliphatic rings. The first kappa shape index (κ1) is 18.4. The third-order valence-corrected chi connectivity index (χ3v) is 4.37. The lowest BCUT2D eigenvalue weighted by atomic mass is 10.1. The van der Waals surface area contributed by atoms with Crippen LogP contribution in [0.1, 0.15) is 24.3 Å². The number of nitrogens with zero attached hydrogens (tertiary/aromatic N) is 4. The molecule has 0 saturated carbocycles. The highest BCUT2D eigenvalue weighted by Crippen LogP contribution is 2.30. The van der Waals surface area contributed by atoms with Gasteiger partial charge in [-0.3, -0.25) is 9.69 Å². The number of rotatable bonds is 4. The smallest absolute Gasteiger partial charge is 0.347 e. The van der Waals surface area contributed by atoms with E-state index in [4.69, 9.17) is 4.52 Å². The predicted molar refractivity (Wildman–Crippen MR) is 86.9 cm³/mol. The molecule has 9 heteroatoms. The van der Waals surface area contributed by atoms with Crippen molar-refractivity contribution < 1.29 is 22.5 Å². The van der Waals surface area contributed by atoms with Crippen LogP contribution in [0, 0.1) is 0 Å². The number of hydrogen-bond donors (Lipinski definition) is 0. The van der Waals surface area contributed by atoms with Crippen molar-refractivity contribution >= 4 is 5.91 Å². The minimum Gasteiger partial charge on any atom is -0.347 e. The van der Waals surface area contributed by atoms with Gasteiger partial charge in [-0.1, -0.05) is 17.3 Å². The van der Waals surface area contributed by atoms with Gasteiger partial charge >= 0.3 is 6.18 Å². The number of amides is 1. The number of hydrogen-bond acceptors (Lipinski definition) is 5. The van der Waals surface area contributed by atoms with E-state index in [1.54, 1.807) is 19.0 Å². The van der Waals surface area contributed by atoms with Crippen LogP contribution >= 0.6 is 0 Å². The first-order valence-electron chi connectivity index (χ1n) is 8.21. The Kier molecular flexibility index (Phi) is 4.99. The molecule has 3 rings (SSSR count). The SMILES string of the molecule is CN(C)C(=O)C1CCCN1Cc1nc(-c2ccc(C(F)(F)F)cc2)no1. The summed E-state index contributed by atoms with van der Waals surface area (Å²) in [6.07, 6.45) is -2.70. The van der Waals surface area contributed by atoms with Gasteiger partial charge < -0.3 is 9.42 Å². The summed E-state index contributed by atoms with van der Waals surface area (Å²) in [6, 6.07) is 4.37. The molecule has 1 amide bonds. The van der Waals surface area contributed by atoms with Crippen LogP contribution in [-0.4, -0.2) is 52.5 Å². The zero-order valence-corrected chi connectivity index (χ0v) is 14.5. The van der Waals surface area contributed by atoms with Crippen LogP contribution < -0.4 is 0 Å². The Bertz CT molecular complexity index is 771. The minimum atomic E-state index is -4.38. The Labute approximate surface area is 148 Å². The Hall–Kier alpha value is -2.42. The van der Waals surface area contributed by atoms with Gasteiger partial charge in [0.1, 0.15) is 0 Å². The number of benzene rings is 1. The second-order valence-corrected chi connectivity index (χ2v) is 6.45. The predicted octanol–water partition coefficient (Wildman–Crippen LogP) is 2.81. The van der Waals surface area contributed by atoms with Crippen LogP contribution in [0.3, 0.4) is 0 Å². The van der Waals surface area contributed by atoms with Crippen molar-refractivity contribution in [1.29, 1.82) is 0 Å². The summed E-state index contributed by atoms with van der Waals surface area (Å²) in [5.74, 6) is 0.590. The third kappa shape index (κ3) is 3.87. The molecule has 1 aliphatic heterocycles. The molecular weight excluding hydrogens is 349 g/mol. The van der Waals surface area contributed by atoms with E-state index >= 15 is 0 Å². The highest BCUT2D eigenvalue weighted by molar-refractivity contribution is 5.81. The molecular formula is C17H19F3N4O2. The number of likely N-dealkylation sites (tertiary alicyclic amines) is 1. The minimum absolute atomic E-state index is 0.0324. The molecule has 2 aromatic rings. The normalized spacial score (nSPS) is 18.3. The summed E-state index contributed by atoms with van der Waals surface area (Å²) >= 11 is 0. The lowest BCUT2D eigenvalue weighted by Gasteiger charge is -2.24. The highest BCUT2D eigenvalue weighted by Gasteiger charge is 2.33. The van der Waals surface area contributed by atoms with Crippen LogP contribution in [-0.2, 0) is 17.5 Å². The average molecular weight is 368 g/mol. The van der Waals surface area contributed by atoms with E-state index < -0.39 is 11.7 Å². The molecule has 0 aliphatic carbocycles. The monoisotopic (exact) mass is 368 g/mol. The number of carbonyl (C=O) groups excluding carboxylic acids is 1. The van der Waals surface area contributed by atoms with Crippen molar-refractivity contribution in [3.63, 3.8) is 0 Å². The Morgan fingerprint density at radius 3 is 2.62 bits per heavy atom. The molecule has 1 atom stereocenters. The quantitative estimate of drug-likeness (QED) is 0.831. The molecule has 1 saturated heterocycles. The van der Waals surface area contributed by atoms with Gasteiger partial charge in [-0.05, 0) is 31.5 Å². The molecule has 0 bridgehead atoms. The zero-order chi connectivity index (χ0) is 18.9. The van der Waals surface area contributed by atoms with Crippen molar-refractivity contribution in [1.82, 2.24) is 19.9 Å². The maximum atomic E-state index is 12.6. The molecule has 0 radical (unpaired) electrons. The van der Waals surface area contributed by atoms with E-state index in [9.17, 15) is 18.0 Å². The topological polar surface area (TPSA) is 62.5 Å². The summed E-state index contributed by atoms with van der Waals surface area (Å²) in [6.45, 7) is 1.08. The zero-order valence-electron chi connectivity index (χ0n) is 14.5. The van der Waals surface area contributed by atoms with E-state index in [1.165, 1.54) is 12.1 Å². The van der Waals surface area contributed by atoms with Crippen molar-refractivity contribution in [2.45, 2.75) is 31.6 Å². The second kappa shape index (κ2) is 7.06. The molecule has 2 heterocycles. The first-order valence-corrected chi connectivity index (χ1v) is 8.21. The number of alkyl halides is 3. The number of likely N-dealkylation sites (N-methyl/N-ethyl adjacent to an activating group) is 1. The summed E-state index contributed by atoms with van der Waals surface area (Å²) < 4.78 is 43.1. The Morgan fingerprint density at radius 1 is 1.31 bits per heavy atom. The molecule has 140 valence electrons. The fraction of sp³-hybridized carbons (Fsp3) is 0.471. The third-order valence-electron chi connectivity index (χ3n) is 4.37. The van der Waals surface area contributed by atoms with Crippen molar-refractivity contribution in [3.8, 4) is 11.4 Å². The van der Waals surface area contributed by atoms with E-state index in [-0.39, 0.29) is 17.8 Å². The van der Waals surface area contributed by atoms with Gasteiger partial charge in [-0.2, -0.15) is 18.2 Å². The first-order chi connectivity index (χ1) is 12.3. The second-order valence-electron chi connectivity index (χ2n) is 6.45. The van der Waals surface area contributed by atoms with Crippen LogP contribution in [0.5, 0.6) is 0 Å². The van der Waals surface area contributed by atoms with E-state index in [0.29, 0.717) is 18.0 Å². The van der Waals surface area contributed by atoms with Crippen LogP contribution in [0.15, 0.2) is 28.8 Å². The van der Waals surface area contributed by atoms with Gasteiger partial charge in [0.2, 0.25) is 17.6 Å². The maximum absolute atomic E-state index is 12.6.